The van der Waals surface area contributed by atoms with Gasteiger partial charge in [0.25, 0.3) is 0 Å². The van der Waals surface area contributed by atoms with Gasteiger partial charge in [0.15, 0.2) is 0 Å². The van der Waals surface area contributed by atoms with Gasteiger partial charge in [0.05, 0.1) is 0 Å². The first-order valence-corrected chi connectivity index (χ1v) is 4.66. The van der Waals surface area contributed by atoms with Crippen molar-refractivity contribution < 1.29 is 4.74 Å². The molecule has 0 aromatic heterocycles. The average molecular weight is 174 g/mol. The van der Waals surface area contributed by atoms with Crippen molar-refractivity contribution in [2.45, 2.75) is 26.1 Å². The maximum Gasteiger partial charge on any atom is 0.113 e. The molecule has 0 saturated carbocycles. The van der Waals surface area contributed by atoms with Gasteiger partial charge in [-0.2, -0.15) is 0 Å². The molecule has 2 rings (SSSR count). The summed E-state index contributed by atoms with van der Waals surface area (Å²) in [6.07, 6.45) is 2.75. The Hall–Kier alpha value is -1.08. The van der Waals surface area contributed by atoms with Crippen molar-refractivity contribution in [3.05, 3.63) is 47.5 Å². The Labute approximate surface area is 79.0 Å². The van der Waals surface area contributed by atoms with Crippen molar-refractivity contribution in [3.8, 4) is 0 Å². The van der Waals surface area contributed by atoms with E-state index in [1.807, 2.05) is 6.07 Å². The Morgan fingerprint density at radius 2 is 2.00 bits per heavy atom. The molecule has 1 aliphatic heterocycles. The van der Waals surface area contributed by atoms with E-state index >= 15 is 0 Å². The van der Waals surface area contributed by atoms with Gasteiger partial charge >= 0.3 is 0 Å². The highest BCUT2D eigenvalue weighted by Gasteiger charge is 2.40. The zero-order chi connectivity index (χ0) is 9.26. The Bertz CT molecular complexity index is 313. The topological polar surface area (TPSA) is 12.5 Å². The summed E-state index contributed by atoms with van der Waals surface area (Å²) in [6.45, 7) is 4.17. The number of ether oxygens (including phenoxy) is 1. The van der Waals surface area contributed by atoms with E-state index in [4.69, 9.17) is 4.74 Å². The first-order chi connectivity index (χ1) is 6.33. The highest BCUT2D eigenvalue weighted by molar-refractivity contribution is 5.27. The third kappa shape index (κ3) is 1.65. The average Bonchev–Trinajstić information content (AvgIpc) is 2.98. The second kappa shape index (κ2) is 3.35. The van der Waals surface area contributed by atoms with E-state index in [-0.39, 0.29) is 0 Å². The molecule has 0 aliphatic carbocycles. The molecule has 1 aliphatic rings. The number of epoxide rings is 1. The molecular formula is C12H14O. The molecule has 1 aromatic carbocycles. The highest BCUT2D eigenvalue weighted by Crippen LogP contribution is 2.42. The lowest BCUT2D eigenvalue weighted by Crippen LogP contribution is -1.89. The summed E-state index contributed by atoms with van der Waals surface area (Å²) >= 11 is 0. The minimum absolute atomic E-state index is 0.303. The second-order valence-electron chi connectivity index (χ2n) is 3.42. The fraction of sp³-hybridized carbons (Fsp3) is 0.333. The molecule has 68 valence electrons. The van der Waals surface area contributed by atoms with Crippen molar-refractivity contribution in [1.82, 2.24) is 0 Å². The molecule has 13 heavy (non-hydrogen) atoms. The zero-order valence-corrected chi connectivity index (χ0v) is 8.03. The van der Waals surface area contributed by atoms with Crippen LogP contribution in [0.2, 0.25) is 0 Å². The first kappa shape index (κ1) is 8.52. The number of rotatable bonds is 2. The van der Waals surface area contributed by atoms with E-state index in [1.165, 1.54) is 11.1 Å². The van der Waals surface area contributed by atoms with Crippen LogP contribution in [0.4, 0.5) is 0 Å². The third-order valence-corrected chi connectivity index (χ3v) is 2.52. The minimum atomic E-state index is 0.303. The van der Waals surface area contributed by atoms with Crippen LogP contribution in [0, 0.1) is 0 Å². The van der Waals surface area contributed by atoms with Gasteiger partial charge in [-0.15, -0.1) is 0 Å². The van der Waals surface area contributed by atoms with Crippen LogP contribution in [-0.4, -0.2) is 6.10 Å². The van der Waals surface area contributed by atoms with Crippen molar-refractivity contribution in [2.75, 3.05) is 0 Å². The largest absolute Gasteiger partial charge is 0.360 e. The Morgan fingerprint density at radius 3 is 2.62 bits per heavy atom. The van der Waals surface area contributed by atoms with E-state index in [9.17, 15) is 0 Å². The number of hydrogen-bond donors (Lipinski definition) is 0. The predicted octanol–water partition coefficient (Wildman–Crippen LogP) is 3.09. The van der Waals surface area contributed by atoms with Crippen LogP contribution >= 0.6 is 0 Å². The van der Waals surface area contributed by atoms with E-state index in [2.05, 4.69) is 44.2 Å². The van der Waals surface area contributed by atoms with E-state index < -0.39 is 0 Å². The standard InChI is InChI=1S/C12H14O/c1-3-9(2)11-12(13-11)10-7-5-4-6-8-10/h3-8,11-12H,1-2H3/b9-3+/t11-,12-/m0/s1. The lowest BCUT2D eigenvalue weighted by atomic mass is 10.1. The Kier molecular flexibility index (Phi) is 2.19. The van der Waals surface area contributed by atoms with Crippen LogP contribution in [-0.2, 0) is 4.74 Å². The lowest BCUT2D eigenvalue weighted by Gasteiger charge is -1.94. The Balaban J connectivity index is 2.09. The molecule has 0 radical (unpaired) electrons. The van der Waals surface area contributed by atoms with Crippen molar-refractivity contribution in [3.63, 3.8) is 0 Å². The molecule has 1 aromatic rings. The number of allylic oxidation sites excluding steroid dienone is 1. The van der Waals surface area contributed by atoms with Gasteiger partial charge in [-0.3, -0.25) is 0 Å². The molecule has 0 bridgehead atoms. The number of hydrogen-bond acceptors (Lipinski definition) is 1. The fourth-order valence-corrected chi connectivity index (χ4v) is 1.52. The molecule has 1 heteroatoms. The van der Waals surface area contributed by atoms with Crippen LogP contribution in [0.1, 0.15) is 25.5 Å². The lowest BCUT2D eigenvalue weighted by molar-refractivity contribution is 0.388. The molecular weight excluding hydrogens is 160 g/mol. The normalized spacial score (nSPS) is 27.4. The summed E-state index contributed by atoms with van der Waals surface area (Å²) in [6, 6.07) is 10.4. The second-order valence-corrected chi connectivity index (χ2v) is 3.42. The summed E-state index contributed by atoms with van der Waals surface area (Å²) in [4.78, 5) is 0. The van der Waals surface area contributed by atoms with Crippen LogP contribution in [0.5, 0.6) is 0 Å². The maximum absolute atomic E-state index is 5.59. The molecule has 2 atom stereocenters. The summed E-state index contributed by atoms with van der Waals surface area (Å²) < 4.78 is 5.59. The number of benzene rings is 1. The van der Waals surface area contributed by atoms with Gasteiger partial charge in [0, 0.05) is 0 Å². The SMILES string of the molecule is C/C=C(\C)[C@@H]1O[C@H]1c1ccccc1. The van der Waals surface area contributed by atoms with Gasteiger partial charge in [0.1, 0.15) is 12.2 Å². The van der Waals surface area contributed by atoms with Crippen molar-refractivity contribution in [2.24, 2.45) is 0 Å². The molecule has 0 spiro atoms. The highest BCUT2D eigenvalue weighted by atomic mass is 16.6. The smallest absolute Gasteiger partial charge is 0.113 e. The van der Waals surface area contributed by atoms with Gasteiger partial charge in [-0.25, -0.2) is 0 Å². The first-order valence-electron chi connectivity index (χ1n) is 4.66. The molecule has 1 heterocycles. The zero-order valence-electron chi connectivity index (χ0n) is 8.03. The minimum Gasteiger partial charge on any atom is -0.360 e. The van der Waals surface area contributed by atoms with E-state index in [0.29, 0.717) is 12.2 Å². The van der Waals surface area contributed by atoms with E-state index in [0.717, 1.165) is 0 Å². The van der Waals surface area contributed by atoms with Gasteiger partial charge in [-0.1, -0.05) is 36.4 Å². The Morgan fingerprint density at radius 1 is 1.31 bits per heavy atom. The molecule has 0 unspecified atom stereocenters. The molecule has 0 N–H and O–H groups in total. The molecule has 1 saturated heterocycles. The maximum atomic E-state index is 5.59. The van der Waals surface area contributed by atoms with Crippen molar-refractivity contribution in [1.29, 1.82) is 0 Å². The predicted molar refractivity (Wildman–Crippen MR) is 53.5 cm³/mol. The van der Waals surface area contributed by atoms with Crippen LogP contribution in [0.25, 0.3) is 0 Å². The van der Waals surface area contributed by atoms with Gasteiger partial charge < -0.3 is 4.74 Å². The van der Waals surface area contributed by atoms with Crippen LogP contribution in [0.15, 0.2) is 42.0 Å². The quantitative estimate of drug-likeness (QED) is 0.496. The van der Waals surface area contributed by atoms with Crippen LogP contribution in [0.3, 0.4) is 0 Å². The van der Waals surface area contributed by atoms with Crippen molar-refractivity contribution >= 4 is 0 Å². The summed E-state index contributed by atoms with van der Waals surface area (Å²) in [5.41, 5.74) is 2.61. The summed E-state index contributed by atoms with van der Waals surface area (Å²) in [5.74, 6) is 0. The van der Waals surface area contributed by atoms with Crippen LogP contribution < -0.4 is 0 Å². The summed E-state index contributed by atoms with van der Waals surface area (Å²) in [7, 11) is 0. The summed E-state index contributed by atoms with van der Waals surface area (Å²) in [5, 5.41) is 0. The van der Waals surface area contributed by atoms with Gasteiger partial charge in [0.2, 0.25) is 0 Å². The molecule has 1 fully saturated rings. The van der Waals surface area contributed by atoms with Gasteiger partial charge in [-0.05, 0) is 25.0 Å². The fourth-order valence-electron chi connectivity index (χ4n) is 1.52. The third-order valence-electron chi connectivity index (χ3n) is 2.52. The van der Waals surface area contributed by atoms with E-state index in [1.54, 1.807) is 0 Å². The molecule has 0 amide bonds. The monoisotopic (exact) mass is 174 g/mol. The molecule has 1 nitrogen and oxygen atoms in total.